The summed E-state index contributed by atoms with van der Waals surface area (Å²) in [5.74, 6) is -2.94. The predicted octanol–water partition coefficient (Wildman–Crippen LogP) is 2.89. The van der Waals surface area contributed by atoms with Gasteiger partial charge in [-0.3, -0.25) is 9.59 Å². The van der Waals surface area contributed by atoms with Crippen LogP contribution in [0.1, 0.15) is 10.4 Å². The number of aliphatic carboxylic acids is 1. The number of benzene rings is 2. The number of para-hydroxylation sites is 1. The zero-order chi connectivity index (χ0) is 15.2. The number of carbonyl (C=O) groups is 2. The standard InChI is InChI=1S/C16H11NO4/c17-10-14(16(19)20)15(18)11-5-4-8-13(9-11)21-12-6-2-1-3-7-12/h1-9,14H,(H,19,20). The molecule has 1 N–H and O–H groups in total. The van der Waals surface area contributed by atoms with E-state index in [9.17, 15) is 9.59 Å². The van der Waals surface area contributed by atoms with Crippen LogP contribution in [-0.4, -0.2) is 16.9 Å². The summed E-state index contributed by atoms with van der Waals surface area (Å²) in [5, 5.41) is 17.6. The van der Waals surface area contributed by atoms with E-state index in [4.69, 9.17) is 15.1 Å². The minimum atomic E-state index is -1.71. The lowest BCUT2D eigenvalue weighted by molar-refractivity contribution is -0.138. The molecular formula is C16H11NO4. The Hall–Kier alpha value is -3.13. The number of hydrogen-bond acceptors (Lipinski definition) is 4. The van der Waals surface area contributed by atoms with Crippen LogP contribution in [0.25, 0.3) is 0 Å². The van der Waals surface area contributed by atoms with Crippen LogP contribution < -0.4 is 4.74 Å². The van der Waals surface area contributed by atoms with Gasteiger partial charge in [0, 0.05) is 5.56 Å². The highest BCUT2D eigenvalue weighted by atomic mass is 16.5. The number of Topliss-reactive ketones (excluding diaryl/α,β-unsaturated/α-hetero) is 1. The first-order valence-electron chi connectivity index (χ1n) is 6.11. The van der Waals surface area contributed by atoms with Crippen molar-refractivity contribution in [2.45, 2.75) is 0 Å². The Balaban J connectivity index is 2.24. The zero-order valence-corrected chi connectivity index (χ0v) is 10.9. The summed E-state index contributed by atoms with van der Waals surface area (Å²) in [6.07, 6.45) is 0. The molecule has 2 aromatic carbocycles. The fourth-order valence-electron chi connectivity index (χ4n) is 1.73. The first-order chi connectivity index (χ1) is 10.1. The molecule has 0 aliphatic rings. The summed E-state index contributed by atoms with van der Waals surface area (Å²) in [5.41, 5.74) is 0.123. The molecule has 5 heteroatoms. The number of carboxylic acids is 1. The maximum Gasteiger partial charge on any atom is 0.329 e. The first kappa shape index (κ1) is 14.3. The molecule has 21 heavy (non-hydrogen) atoms. The van der Waals surface area contributed by atoms with E-state index in [1.165, 1.54) is 18.2 Å². The lowest BCUT2D eigenvalue weighted by atomic mass is 9.99. The molecule has 0 amide bonds. The van der Waals surface area contributed by atoms with E-state index in [2.05, 4.69) is 0 Å². The van der Waals surface area contributed by atoms with Crippen molar-refractivity contribution in [3.05, 3.63) is 60.2 Å². The average molecular weight is 281 g/mol. The second-order valence-electron chi connectivity index (χ2n) is 4.21. The molecule has 5 nitrogen and oxygen atoms in total. The fourth-order valence-corrected chi connectivity index (χ4v) is 1.73. The molecule has 0 bridgehead atoms. The van der Waals surface area contributed by atoms with E-state index in [0.717, 1.165) is 0 Å². The molecule has 0 heterocycles. The van der Waals surface area contributed by atoms with Gasteiger partial charge in [0.2, 0.25) is 5.92 Å². The Morgan fingerprint density at radius 2 is 1.71 bits per heavy atom. The highest BCUT2D eigenvalue weighted by Gasteiger charge is 2.27. The average Bonchev–Trinajstić information content (AvgIpc) is 2.49. The van der Waals surface area contributed by atoms with Gasteiger partial charge < -0.3 is 9.84 Å². The molecule has 1 unspecified atom stereocenters. The topological polar surface area (TPSA) is 87.4 Å². The van der Waals surface area contributed by atoms with Gasteiger partial charge in [-0.05, 0) is 24.3 Å². The minimum absolute atomic E-state index is 0.123. The summed E-state index contributed by atoms with van der Waals surface area (Å²) < 4.78 is 5.56. The van der Waals surface area contributed by atoms with E-state index < -0.39 is 17.7 Å². The maximum absolute atomic E-state index is 12.0. The maximum atomic E-state index is 12.0. The third kappa shape index (κ3) is 3.45. The van der Waals surface area contributed by atoms with Crippen LogP contribution in [0, 0.1) is 17.2 Å². The van der Waals surface area contributed by atoms with E-state index in [1.807, 2.05) is 6.07 Å². The lowest BCUT2D eigenvalue weighted by Crippen LogP contribution is -2.22. The molecule has 2 rings (SSSR count). The molecule has 0 saturated heterocycles. The van der Waals surface area contributed by atoms with Gasteiger partial charge in [-0.15, -0.1) is 0 Å². The van der Waals surface area contributed by atoms with Crippen molar-refractivity contribution in [2.75, 3.05) is 0 Å². The smallest absolute Gasteiger partial charge is 0.329 e. The predicted molar refractivity (Wildman–Crippen MR) is 74.0 cm³/mol. The first-order valence-corrected chi connectivity index (χ1v) is 6.11. The van der Waals surface area contributed by atoms with Gasteiger partial charge in [-0.2, -0.15) is 5.26 Å². The molecule has 0 fully saturated rings. The molecule has 0 aliphatic carbocycles. The van der Waals surface area contributed by atoms with E-state index in [1.54, 1.807) is 36.4 Å². The van der Waals surface area contributed by atoms with Crippen LogP contribution in [0.15, 0.2) is 54.6 Å². The number of carboxylic acid groups (broad SMARTS) is 1. The molecule has 104 valence electrons. The van der Waals surface area contributed by atoms with Crippen molar-refractivity contribution < 1.29 is 19.4 Å². The van der Waals surface area contributed by atoms with Crippen molar-refractivity contribution in [1.29, 1.82) is 5.26 Å². The van der Waals surface area contributed by atoms with Gasteiger partial charge >= 0.3 is 5.97 Å². The molecule has 0 aliphatic heterocycles. The normalized spacial score (nSPS) is 11.2. The lowest BCUT2D eigenvalue weighted by Gasteiger charge is -2.08. The SMILES string of the molecule is N#CC(C(=O)O)C(=O)c1cccc(Oc2ccccc2)c1. The number of carbonyl (C=O) groups excluding carboxylic acids is 1. The number of ether oxygens (including phenoxy) is 1. The molecule has 0 radical (unpaired) electrons. The van der Waals surface area contributed by atoms with Crippen LogP contribution in [0.2, 0.25) is 0 Å². The summed E-state index contributed by atoms with van der Waals surface area (Å²) in [6, 6.07) is 16.5. The van der Waals surface area contributed by atoms with Crippen LogP contribution in [0.5, 0.6) is 11.5 Å². The van der Waals surface area contributed by atoms with Crippen LogP contribution >= 0.6 is 0 Å². The number of ketones is 1. The Bertz CT molecular complexity index is 704. The molecule has 2 aromatic rings. The van der Waals surface area contributed by atoms with Gasteiger partial charge in [-0.1, -0.05) is 30.3 Å². The summed E-state index contributed by atoms with van der Waals surface area (Å²) in [4.78, 5) is 22.8. The van der Waals surface area contributed by atoms with Gasteiger partial charge in [0.05, 0.1) is 6.07 Å². The third-order valence-corrected chi connectivity index (χ3v) is 2.74. The molecule has 1 atom stereocenters. The van der Waals surface area contributed by atoms with Crippen molar-refractivity contribution in [3.63, 3.8) is 0 Å². The Morgan fingerprint density at radius 1 is 1.05 bits per heavy atom. The highest BCUT2D eigenvalue weighted by Crippen LogP contribution is 2.23. The van der Waals surface area contributed by atoms with Crippen LogP contribution in [-0.2, 0) is 4.79 Å². The quantitative estimate of drug-likeness (QED) is 0.672. The number of rotatable bonds is 5. The van der Waals surface area contributed by atoms with Gasteiger partial charge in [0.25, 0.3) is 0 Å². The second kappa shape index (κ2) is 6.35. The second-order valence-corrected chi connectivity index (χ2v) is 4.21. The molecular weight excluding hydrogens is 270 g/mol. The van der Waals surface area contributed by atoms with E-state index >= 15 is 0 Å². The summed E-state index contributed by atoms with van der Waals surface area (Å²) in [6.45, 7) is 0. The van der Waals surface area contributed by atoms with Gasteiger partial charge in [0.15, 0.2) is 5.78 Å². The Morgan fingerprint density at radius 3 is 2.33 bits per heavy atom. The fraction of sp³-hybridized carbons (Fsp3) is 0.0625. The molecule has 0 saturated carbocycles. The zero-order valence-electron chi connectivity index (χ0n) is 10.9. The van der Waals surface area contributed by atoms with Gasteiger partial charge in [-0.25, -0.2) is 0 Å². The number of nitriles is 1. The monoisotopic (exact) mass is 281 g/mol. The third-order valence-electron chi connectivity index (χ3n) is 2.74. The number of nitrogens with zero attached hydrogens (tertiary/aromatic N) is 1. The van der Waals surface area contributed by atoms with E-state index in [0.29, 0.717) is 11.5 Å². The minimum Gasteiger partial charge on any atom is -0.480 e. The van der Waals surface area contributed by atoms with Gasteiger partial charge in [0.1, 0.15) is 11.5 Å². The largest absolute Gasteiger partial charge is 0.480 e. The molecule has 0 aromatic heterocycles. The number of hydrogen-bond donors (Lipinski definition) is 1. The molecule has 0 spiro atoms. The highest BCUT2D eigenvalue weighted by molar-refractivity contribution is 6.10. The van der Waals surface area contributed by atoms with Crippen molar-refractivity contribution in [3.8, 4) is 17.6 Å². The summed E-state index contributed by atoms with van der Waals surface area (Å²) in [7, 11) is 0. The van der Waals surface area contributed by atoms with E-state index in [-0.39, 0.29) is 5.56 Å². The van der Waals surface area contributed by atoms with Crippen molar-refractivity contribution in [2.24, 2.45) is 5.92 Å². The van der Waals surface area contributed by atoms with Crippen molar-refractivity contribution in [1.82, 2.24) is 0 Å². The van der Waals surface area contributed by atoms with Crippen LogP contribution in [0.4, 0.5) is 0 Å². The summed E-state index contributed by atoms with van der Waals surface area (Å²) >= 11 is 0. The Kier molecular flexibility index (Phi) is 4.32. The van der Waals surface area contributed by atoms with Crippen LogP contribution in [0.3, 0.4) is 0 Å². The Labute approximate surface area is 121 Å². The van der Waals surface area contributed by atoms with Crippen molar-refractivity contribution >= 4 is 11.8 Å².